The highest BCUT2D eigenvalue weighted by Crippen LogP contribution is 2.25. The van der Waals surface area contributed by atoms with Crippen molar-refractivity contribution in [3.05, 3.63) is 41.7 Å². The Balaban J connectivity index is 1.37. The molecule has 0 amide bonds. The van der Waals surface area contributed by atoms with Crippen molar-refractivity contribution in [1.82, 2.24) is 10.2 Å². The lowest BCUT2D eigenvalue weighted by Crippen LogP contribution is -2.52. The van der Waals surface area contributed by atoms with E-state index in [-0.39, 0.29) is 18.5 Å². The first-order chi connectivity index (χ1) is 13.2. The largest absolute Gasteiger partial charge is 0.392 e. The molecule has 2 saturated heterocycles. The summed E-state index contributed by atoms with van der Waals surface area (Å²) in [7, 11) is 1.72. The summed E-state index contributed by atoms with van der Waals surface area (Å²) in [6.07, 6.45) is 0.282. The number of hydrogen-bond acceptors (Lipinski definition) is 7. The molecule has 0 unspecified atom stereocenters. The van der Waals surface area contributed by atoms with Crippen LogP contribution in [0.1, 0.15) is 5.56 Å². The van der Waals surface area contributed by atoms with Gasteiger partial charge < -0.3 is 24.5 Å². The van der Waals surface area contributed by atoms with E-state index in [1.807, 2.05) is 17.0 Å². The van der Waals surface area contributed by atoms with Gasteiger partial charge in [-0.1, -0.05) is 12.1 Å². The van der Waals surface area contributed by atoms with Crippen LogP contribution in [-0.4, -0.2) is 67.8 Å². The smallest absolute Gasteiger partial charge is 0.151 e. The highest BCUT2D eigenvalue weighted by Gasteiger charge is 2.28. The summed E-state index contributed by atoms with van der Waals surface area (Å²) in [5.41, 5.74) is 0.881. The zero-order valence-corrected chi connectivity index (χ0v) is 15.4. The summed E-state index contributed by atoms with van der Waals surface area (Å²) >= 11 is 0. The number of rotatable bonds is 5. The number of anilines is 3. The zero-order chi connectivity index (χ0) is 18.8. The van der Waals surface area contributed by atoms with Gasteiger partial charge in [0.25, 0.3) is 0 Å². The Morgan fingerprint density at radius 3 is 2.22 bits per heavy atom. The van der Waals surface area contributed by atoms with Crippen LogP contribution in [0.3, 0.4) is 0 Å². The second-order valence-corrected chi connectivity index (χ2v) is 6.89. The summed E-state index contributed by atoms with van der Waals surface area (Å²) in [6.45, 7) is 4.28. The fourth-order valence-electron chi connectivity index (χ4n) is 3.54. The van der Waals surface area contributed by atoms with Crippen LogP contribution >= 0.6 is 0 Å². The van der Waals surface area contributed by atoms with E-state index in [0.29, 0.717) is 24.3 Å². The minimum atomic E-state index is -0.332. The van der Waals surface area contributed by atoms with Crippen LogP contribution in [0.2, 0.25) is 0 Å². The molecule has 1 aromatic carbocycles. The van der Waals surface area contributed by atoms with Crippen molar-refractivity contribution in [3.8, 4) is 0 Å². The van der Waals surface area contributed by atoms with Gasteiger partial charge in [-0.3, -0.25) is 0 Å². The van der Waals surface area contributed by atoms with Crippen LogP contribution in [0.25, 0.3) is 0 Å². The third kappa shape index (κ3) is 3.54. The maximum Gasteiger partial charge on any atom is 0.151 e. The van der Waals surface area contributed by atoms with Crippen LogP contribution in [0.15, 0.2) is 30.3 Å². The van der Waals surface area contributed by atoms with Crippen LogP contribution < -0.4 is 14.7 Å². The number of aliphatic hydroxyl groups excluding tert-OH is 1. The maximum atomic E-state index is 14.4. The summed E-state index contributed by atoms with van der Waals surface area (Å²) in [5.74, 6) is 1.38. The lowest BCUT2D eigenvalue weighted by atomic mass is 10.1. The molecular formula is C19H24FN5O2. The van der Waals surface area contributed by atoms with Crippen LogP contribution in [0.5, 0.6) is 0 Å². The van der Waals surface area contributed by atoms with Crippen molar-refractivity contribution in [3.63, 3.8) is 0 Å². The normalized spacial score (nSPS) is 18.0. The van der Waals surface area contributed by atoms with Gasteiger partial charge in [0.05, 0.1) is 18.4 Å². The minimum Gasteiger partial charge on any atom is -0.392 e. The number of benzene rings is 1. The molecular weight excluding hydrogens is 349 g/mol. The minimum absolute atomic E-state index is 0.282. The van der Waals surface area contributed by atoms with Crippen LogP contribution in [0, 0.1) is 5.82 Å². The van der Waals surface area contributed by atoms with E-state index in [0.717, 1.165) is 37.8 Å². The number of aliphatic hydroxyl groups is 1. The molecule has 0 bridgehead atoms. The highest BCUT2D eigenvalue weighted by atomic mass is 19.1. The Morgan fingerprint density at radius 2 is 1.63 bits per heavy atom. The van der Waals surface area contributed by atoms with Gasteiger partial charge in [0.15, 0.2) is 17.5 Å². The van der Waals surface area contributed by atoms with Crippen LogP contribution in [0.4, 0.5) is 21.7 Å². The summed E-state index contributed by atoms with van der Waals surface area (Å²) in [6, 6.07) is 9.14. The molecule has 2 aliphatic rings. The molecule has 1 aromatic heterocycles. The van der Waals surface area contributed by atoms with E-state index in [4.69, 9.17) is 4.74 Å². The van der Waals surface area contributed by atoms with Crippen molar-refractivity contribution in [2.45, 2.75) is 12.7 Å². The van der Waals surface area contributed by atoms with E-state index >= 15 is 0 Å². The lowest BCUT2D eigenvalue weighted by Gasteiger charge is -2.39. The van der Waals surface area contributed by atoms with E-state index in [1.165, 1.54) is 0 Å². The van der Waals surface area contributed by atoms with Gasteiger partial charge in [-0.05, 0) is 18.2 Å². The van der Waals surface area contributed by atoms with Gasteiger partial charge >= 0.3 is 0 Å². The van der Waals surface area contributed by atoms with Crippen molar-refractivity contribution >= 4 is 17.3 Å². The molecule has 0 spiro atoms. The van der Waals surface area contributed by atoms with Crippen molar-refractivity contribution < 1.29 is 14.2 Å². The van der Waals surface area contributed by atoms with E-state index < -0.39 is 0 Å². The first kappa shape index (κ1) is 17.9. The molecule has 0 radical (unpaired) electrons. The van der Waals surface area contributed by atoms with Gasteiger partial charge in [0, 0.05) is 51.9 Å². The average Bonchev–Trinajstić information content (AvgIpc) is 2.68. The van der Waals surface area contributed by atoms with Gasteiger partial charge in [-0.2, -0.15) is 0 Å². The highest BCUT2D eigenvalue weighted by molar-refractivity contribution is 5.53. The molecule has 144 valence electrons. The van der Waals surface area contributed by atoms with E-state index in [9.17, 15) is 9.50 Å². The van der Waals surface area contributed by atoms with Crippen molar-refractivity contribution in [2.24, 2.45) is 0 Å². The summed E-state index contributed by atoms with van der Waals surface area (Å²) in [5, 5.41) is 18.0. The molecule has 0 saturated carbocycles. The monoisotopic (exact) mass is 373 g/mol. The number of aromatic nitrogens is 2. The topological polar surface area (TPSA) is 65.0 Å². The Bertz CT molecular complexity index is 774. The number of piperazine rings is 1. The number of nitrogens with zero attached hydrogens (tertiary/aromatic N) is 5. The Morgan fingerprint density at radius 1 is 1.00 bits per heavy atom. The van der Waals surface area contributed by atoms with Gasteiger partial charge in [-0.15, -0.1) is 10.2 Å². The first-order valence-electron chi connectivity index (χ1n) is 9.19. The third-order valence-electron chi connectivity index (χ3n) is 5.31. The summed E-state index contributed by atoms with van der Waals surface area (Å²) < 4.78 is 19.7. The van der Waals surface area contributed by atoms with E-state index in [1.54, 1.807) is 25.3 Å². The molecule has 7 nitrogen and oxygen atoms in total. The zero-order valence-electron chi connectivity index (χ0n) is 15.4. The number of ether oxygens (including phenoxy) is 1. The first-order valence-corrected chi connectivity index (χ1v) is 9.19. The number of halogens is 1. The molecule has 3 heterocycles. The molecule has 2 aromatic rings. The van der Waals surface area contributed by atoms with Crippen molar-refractivity contribution in [1.29, 1.82) is 0 Å². The lowest BCUT2D eigenvalue weighted by molar-refractivity contribution is 0.0782. The predicted octanol–water partition coefficient (Wildman–Crippen LogP) is 1.27. The third-order valence-corrected chi connectivity index (χ3v) is 5.31. The molecule has 0 atom stereocenters. The van der Waals surface area contributed by atoms with Gasteiger partial charge in [-0.25, -0.2) is 4.39 Å². The fraction of sp³-hybridized carbons (Fsp3) is 0.474. The molecule has 4 rings (SSSR count). The molecule has 8 heteroatoms. The quantitative estimate of drug-likeness (QED) is 0.847. The molecule has 0 aliphatic carbocycles. The Labute approximate surface area is 158 Å². The second kappa shape index (κ2) is 7.66. The second-order valence-electron chi connectivity index (χ2n) is 6.89. The van der Waals surface area contributed by atoms with Gasteiger partial charge in [0.2, 0.25) is 0 Å². The Kier molecular flexibility index (Phi) is 5.09. The standard InChI is InChI=1S/C19H24FN5O2/c1-27-15-11-25(12-15)18-6-5-17(21-22-18)24-9-7-23(8-10-24)16-4-2-3-14(13-26)19(16)20/h2-6,15,26H,7-13H2,1H3. The maximum absolute atomic E-state index is 14.4. The Hall–Kier alpha value is -2.45. The van der Waals surface area contributed by atoms with E-state index in [2.05, 4.69) is 20.0 Å². The molecule has 27 heavy (non-hydrogen) atoms. The van der Waals surface area contributed by atoms with Gasteiger partial charge in [0.1, 0.15) is 0 Å². The molecule has 1 N–H and O–H groups in total. The molecule has 2 fully saturated rings. The molecule has 2 aliphatic heterocycles. The SMILES string of the molecule is COC1CN(c2ccc(N3CCN(c4cccc(CO)c4F)CC3)nn2)C1. The van der Waals surface area contributed by atoms with Crippen LogP contribution in [-0.2, 0) is 11.3 Å². The fourth-order valence-corrected chi connectivity index (χ4v) is 3.54. The summed E-state index contributed by atoms with van der Waals surface area (Å²) in [4.78, 5) is 6.31. The number of hydrogen-bond donors (Lipinski definition) is 1. The van der Waals surface area contributed by atoms with Crippen molar-refractivity contribution in [2.75, 3.05) is 61.1 Å². The predicted molar refractivity (Wildman–Crippen MR) is 102 cm³/mol. The number of methoxy groups -OCH3 is 1. The average molecular weight is 373 g/mol.